The fraction of sp³-hybridized carbons (Fsp3) is 0. The van der Waals surface area contributed by atoms with Gasteiger partial charge in [-0.05, 0) is 95.7 Å². The predicted octanol–water partition coefficient (Wildman–Crippen LogP) is 12.0. The van der Waals surface area contributed by atoms with Crippen LogP contribution in [0.25, 0.3) is 85.5 Å². The van der Waals surface area contributed by atoms with Crippen molar-refractivity contribution in [2.75, 3.05) is 0 Å². The van der Waals surface area contributed by atoms with E-state index in [0.717, 1.165) is 0 Å². The van der Waals surface area contributed by atoms with Gasteiger partial charge in [0, 0.05) is 20.2 Å². The molecule has 0 aliphatic carbocycles. The minimum atomic E-state index is 1.25. The lowest BCUT2D eigenvalue weighted by atomic mass is 9.86. The zero-order valence-corrected chi connectivity index (χ0v) is 23.1. The summed E-state index contributed by atoms with van der Waals surface area (Å²) in [7, 11) is 0. The van der Waals surface area contributed by atoms with Crippen molar-refractivity contribution in [2.24, 2.45) is 0 Å². The van der Waals surface area contributed by atoms with Crippen molar-refractivity contribution >= 4 is 74.6 Å². The quantitative estimate of drug-likeness (QED) is 0.193. The highest BCUT2D eigenvalue weighted by Gasteiger charge is 2.17. The van der Waals surface area contributed by atoms with Gasteiger partial charge in [0.1, 0.15) is 0 Å². The summed E-state index contributed by atoms with van der Waals surface area (Å²) in [4.78, 5) is 0. The van der Waals surface area contributed by atoms with Gasteiger partial charge < -0.3 is 0 Å². The Kier molecular flexibility index (Phi) is 4.87. The number of fused-ring (bicyclic) bond motifs is 9. The van der Waals surface area contributed by atoms with E-state index in [4.69, 9.17) is 0 Å². The van der Waals surface area contributed by atoms with Gasteiger partial charge in [-0.15, -0.1) is 11.3 Å². The summed E-state index contributed by atoms with van der Waals surface area (Å²) in [6.45, 7) is 0. The van der Waals surface area contributed by atoms with E-state index in [1.807, 2.05) is 11.3 Å². The van der Waals surface area contributed by atoms with Gasteiger partial charge in [-0.2, -0.15) is 0 Å². The van der Waals surface area contributed by atoms with E-state index in [1.54, 1.807) is 0 Å². The Balaban J connectivity index is 1.42. The van der Waals surface area contributed by atoms with Crippen LogP contribution in [0, 0.1) is 0 Å². The first-order valence-corrected chi connectivity index (χ1v) is 14.9. The molecular weight excluding hydrogens is 513 g/mol. The van der Waals surface area contributed by atoms with Crippen LogP contribution in [0.2, 0.25) is 0 Å². The second-order valence-corrected chi connectivity index (χ2v) is 12.0. The Morgan fingerprint density at radius 2 is 0.927 bits per heavy atom. The fourth-order valence-corrected chi connectivity index (χ4v) is 7.93. The van der Waals surface area contributed by atoms with Crippen molar-refractivity contribution in [3.63, 3.8) is 0 Å². The summed E-state index contributed by atoms with van der Waals surface area (Å²) in [6.07, 6.45) is 0. The maximum atomic E-state index is 2.44. The van der Waals surface area contributed by atoms with Crippen LogP contribution in [-0.4, -0.2) is 0 Å². The molecule has 0 bridgehead atoms. The zero-order valence-electron chi connectivity index (χ0n) is 22.3. The molecule has 41 heavy (non-hydrogen) atoms. The van der Waals surface area contributed by atoms with Gasteiger partial charge in [-0.25, -0.2) is 0 Å². The third-order valence-electron chi connectivity index (χ3n) is 8.61. The summed E-state index contributed by atoms with van der Waals surface area (Å²) in [5, 5.41) is 13.0. The number of benzene rings is 8. The molecular formula is C40H24S. The van der Waals surface area contributed by atoms with Crippen molar-refractivity contribution in [1.29, 1.82) is 0 Å². The first kappa shape index (κ1) is 22.8. The van der Waals surface area contributed by atoms with Crippen molar-refractivity contribution in [3.8, 4) is 22.3 Å². The van der Waals surface area contributed by atoms with E-state index < -0.39 is 0 Å². The van der Waals surface area contributed by atoms with E-state index in [2.05, 4.69) is 146 Å². The average molecular weight is 537 g/mol. The largest absolute Gasteiger partial charge is 0.135 e. The molecule has 0 radical (unpaired) electrons. The number of thiophene rings is 1. The van der Waals surface area contributed by atoms with E-state index in [1.165, 1.54) is 85.5 Å². The highest BCUT2D eigenvalue weighted by atomic mass is 32.1. The van der Waals surface area contributed by atoms with Gasteiger partial charge in [0.2, 0.25) is 0 Å². The fourth-order valence-electron chi connectivity index (χ4n) is 6.80. The van der Waals surface area contributed by atoms with Crippen LogP contribution < -0.4 is 0 Å². The number of hydrogen-bond acceptors (Lipinski definition) is 1. The maximum absolute atomic E-state index is 2.44. The van der Waals surface area contributed by atoms with Gasteiger partial charge in [-0.1, -0.05) is 115 Å². The molecule has 0 aliphatic heterocycles. The van der Waals surface area contributed by atoms with Crippen LogP contribution in [0.1, 0.15) is 0 Å². The second-order valence-electron chi connectivity index (χ2n) is 10.9. The molecule has 8 aromatic carbocycles. The van der Waals surface area contributed by atoms with Crippen LogP contribution in [0.4, 0.5) is 0 Å². The highest BCUT2D eigenvalue weighted by molar-refractivity contribution is 7.25. The third-order valence-corrected chi connectivity index (χ3v) is 9.75. The molecule has 0 saturated carbocycles. The molecule has 0 atom stereocenters. The minimum Gasteiger partial charge on any atom is -0.135 e. The summed E-state index contributed by atoms with van der Waals surface area (Å²) in [5.74, 6) is 0. The average Bonchev–Trinajstić information content (AvgIpc) is 3.43. The Morgan fingerprint density at radius 3 is 1.73 bits per heavy atom. The Bertz CT molecular complexity index is 2480. The van der Waals surface area contributed by atoms with Crippen molar-refractivity contribution in [1.82, 2.24) is 0 Å². The molecule has 1 aromatic heterocycles. The van der Waals surface area contributed by atoms with Crippen LogP contribution in [0.5, 0.6) is 0 Å². The van der Waals surface area contributed by atoms with E-state index in [-0.39, 0.29) is 0 Å². The molecule has 0 amide bonds. The van der Waals surface area contributed by atoms with E-state index in [9.17, 15) is 0 Å². The lowest BCUT2D eigenvalue weighted by Gasteiger charge is -2.17. The van der Waals surface area contributed by atoms with Crippen LogP contribution >= 0.6 is 11.3 Å². The molecule has 0 spiro atoms. The Hall–Kier alpha value is -4.98. The molecule has 190 valence electrons. The zero-order chi connectivity index (χ0) is 26.9. The molecule has 0 saturated heterocycles. The normalized spacial score (nSPS) is 11.9. The summed E-state index contributed by atoms with van der Waals surface area (Å²) in [5.41, 5.74) is 5.13. The first-order valence-electron chi connectivity index (χ1n) is 14.1. The van der Waals surface area contributed by atoms with E-state index in [0.29, 0.717) is 0 Å². The molecule has 0 nitrogen and oxygen atoms in total. The summed E-state index contributed by atoms with van der Waals surface area (Å²) >= 11 is 1.88. The molecule has 0 N–H and O–H groups in total. The van der Waals surface area contributed by atoms with Crippen LogP contribution in [-0.2, 0) is 0 Å². The standard InChI is InChI=1S/C40H24S/c1-2-11-26-22-27(21-20-25(26)10-1)35-23-28-24-36(33-17-9-19-38-40(33)34-16-7-8-18-37(34)41-38)30-13-4-6-15-32(30)39(28)31-14-5-3-12-29(31)35/h1-24H. The SMILES string of the molecule is c1ccc2cc(-c3cc4cc(-c5cccc6sc7ccccc7c56)c5ccccc5c4c4ccccc34)ccc2c1. The van der Waals surface area contributed by atoms with Crippen molar-refractivity contribution in [2.45, 2.75) is 0 Å². The van der Waals surface area contributed by atoms with E-state index >= 15 is 0 Å². The predicted molar refractivity (Wildman–Crippen MR) is 180 cm³/mol. The van der Waals surface area contributed by atoms with Crippen molar-refractivity contribution < 1.29 is 0 Å². The number of rotatable bonds is 2. The molecule has 9 aromatic rings. The lowest BCUT2D eigenvalue weighted by Crippen LogP contribution is -1.89. The first-order chi connectivity index (χ1) is 20.3. The monoisotopic (exact) mass is 536 g/mol. The summed E-state index contributed by atoms with van der Waals surface area (Å²) in [6, 6.07) is 53.8. The topological polar surface area (TPSA) is 0 Å². The van der Waals surface area contributed by atoms with Crippen molar-refractivity contribution in [3.05, 3.63) is 146 Å². The lowest BCUT2D eigenvalue weighted by molar-refractivity contribution is 1.69. The minimum absolute atomic E-state index is 1.25. The van der Waals surface area contributed by atoms with Gasteiger partial charge in [0.25, 0.3) is 0 Å². The highest BCUT2D eigenvalue weighted by Crippen LogP contribution is 2.45. The van der Waals surface area contributed by atoms with Crippen LogP contribution in [0.3, 0.4) is 0 Å². The Labute approximate surface area is 241 Å². The molecule has 0 unspecified atom stereocenters. The third kappa shape index (κ3) is 3.40. The van der Waals surface area contributed by atoms with Gasteiger partial charge in [0.15, 0.2) is 0 Å². The van der Waals surface area contributed by atoms with Gasteiger partial charge in [0.05, 0.1) is 0 Å². The smallest absolute Gasteiger partial charge is 0.0361 e. The molecule has 1 heterocycles. The summed E-state index contributed by atoms with van der Waals surface area (Å²) < 4.78 is 2.67. The molecule has 1 heteroatoms. The van der Waals surface area contributed by atoms with Crippen LogP contribution in [0.15, 0.2) is 146 Å². The molecule has 0 fully saturated rings. The van der Waals surface area contributed by atoms with Gasteiger partial charge in [-0.3, -0.25) is 0 Å². The molecule has 0 aliphatic rings. The molecule has 9 rings (SSSR count). The second kappa shape index (κ2) is 8.76. The maximum Gasteiger partial charge on any atom is 0.0361 e. The Morgan fingerprint density at radius 1 is 0.317 bits per heavy atom. The van der Waals surface area contributed by atoms with Gasteiger partial charge >= 0.3 is 0 Å². The number of hydrogen-bond donors (Lipinski definition) is 0.